The van der Waals surface area contributed by atoms with Crippen molar-refractivity contribution in [1.29, 1.82) is 0 Å². The predicted octanol–water partition coefficient (Wildman–Crippen LogP) is 3.32. The highest BCUT2D eigenvalue weighted by atomic mass is 19.1. The maximum absolute atomic E-state index is 14.6. The molecule has 0 aromatic carbocycles. The van der Waals surface area contributed by atoms with Gasteiger partial charge in [0.25, 0.3) is 5.91 Å². The number of aromatic amines is 1. The van der Waals surface area contributed by atoms with Crippen molar-refractivity contribution in [2.45, 2.75) is 64.7 Å². The maximum Gasteiger partial charge on any atom is 0.270 e. The van der Waals surface area contributed by atoms with Crippen LogP contribution in [0.15, 0.2) is 18.5 Å². The van der Waals surface area contributed by atoms with Crippen LogP contribution in [0.25, 0.3) is 0 Å². The van der Waals surface area contributed by atoms with Gasteiger partial charge in [-0.1, -0.05) is 0 Å². The van der Waals surface area contributed by atoms with Crippen LogP contribution in [-0.2, 0) is 6.54 Å². The van der Waals surface area contributed by atoms with Gasteiger partial charge in [0.15, 0.2) is 0 Å². The van der Waals surface area contributed by atoms with Crippen LogP contribution in [0.4, 0.5) is 4.39 Å². The van der Waals surface area contributed by atoms with Crippen LogP contribution >= 0.6 is 0 Å². The number of H-pyrrole nitrogens is 1. The normalized spacial score (nSPS) is 24.9. The van der Waals surface area contributed by atoms with E-state index in [0.29, 0.717) is 25.1 Å². The molecule has 0 saturated heterocycles. The number of carbonyl (C=O) groups is 1. The summed E-state index contributed by atoms with van der Waals surface area (Å²) < 4.78 is 16.2. The van der Waals surface area contributed by atoms with Gasteiger partial charge in [-0.15, -0.1) is 0 Å². The SMILES string of the molecule is CCn1nccc1C(=O)NC(c1cnc(C)[nH]1)C1CCCC(C)(F)C1. The van der Waals surface area contributed by atoms with Crippen molar-refractivity contribution in [3.63, 3.8) is 0 Å². The Morgan fingerprint density at radius 3 is 3.04 bits per heavy atom. The average Bonchev–Trinajstić information content (AvgIpc) is 3.20. The third-order valence-corrected chi connectivity index (χ3v) is 5.03. The first-order valence-corrected chi connectivity index (χ1v) is 8.93. The third kappa shape index (κ3) is 3.91. The lowest BCUT2D eigenvalue weighted by Gasteiger charge is -2.36. The molecular formula is C18H26FN5O. The maximum atomic E-state index is 14.6. The highest BCUT2D eigenvalue weighted by Crippen LogP contribution is 2.41. The van der Waals surface area contributed by atoms with Crippen LogP contribution in [0.3, 0.4) is 0 Å². The van der Waals surface area contributed by atoms with E-state index in [1.165, 1.54) is 0 Å². The molecule has 2 N–H and O–H groups in total. The van der Waals surface area contributed by atoms with Crippen molar-refractivity contribution in [3.8, 4) is 0 Å². The number of nitrogens with zero attached hydrogens (tertiary/aromatic N) is 3. The second-order valence-corrected chi connectivity index (χ2v) is 7.18. The molecule has 1 saturated carbocycles. The Kier molecular flexibility index (Phi) is 4.92. The van der Waals surface area contributed by atoms with Gasteiger partial charge in [0.05, 0.1) is 17.9 Å². The molecule has 0 radical (unpaired) electrons. The molecule has 0 bridgehead atoms. The molecule has 1 aliphatic carbocycles. The Hall–Kier alpha value is -2.18. The Morgan fingerprint density at radius 1 is 1.60 bits per heavy atom. The molecule has 3 atom stereocenters. The number of imidazole rings is 1. The van der Waals surface area contributed by atoms with Crippen molar-refractivity contribution in [3.05, 3.63) is 35.7 Å². The third-order valence-electron chi connectivity index (χ3n) is 5.03. The van der Waals surface area contributed by atoms with Crippen molar-refractivity contribution in [2.24, 2.45) is 5.92 Å². The van der Waals surface area contributed by atoms with Gasteiger partial charge >= 0.3 is 0 Å². The van der Waals surface area contributed by atoms with Crippen LogP contribution < -0.4 is 5.32 Å². The number of hydrogen-bond acceptors (Lipinski definition) is 3. The Bertz CT molecular complexity index is 735. The summed E-state index contributed by atoms with van der Waals surface area (Å²) in [5.41, 5.74) is 0.158. The number of alkyl halides is 1. The lowest BCUT2D eigenvalue weighted by Crippen LogP contribution is -2.39. The van der Waals surface area contributed by atoms with E-state index in [-0.39, 0.29) is 17.9 Å². The lowest BCUT2D eigenvalue weighted by molar-refractivity contribution is 0.0694. The fraction of sp³-hybridized carbons (Fsp3) is 0.611. The van der Waals surface area contributed by atoms with Gasteiger partial charge in [0.1, 0.15) is 17.2 Å². The fourth-order valence-electron chi connectivity index (χ4n) is 3.81. The molecule has 136 valence electrons. The number of hydrogen-bond donors (Lipinski definition) is 2. The monoisotopic (exact) mass is 347 g/mol. The van der Waals surface area contributed by atoms with E-state index >= 15 is 0 Å². The van der Waals surface area contributed by atoms with Gasteiger partial charge in [0.2, 0.25) is 0 Å². The summed E-state index contributed by atoms with van der Waals surface area (Å²) in [5, 5.41) is 7.24. The summed E-state index contributed by atoms with van der Waals surface area (Å²) in [6, 6.07) is 1.41. The molecule has 2 heterocycles. The molecule has 0 spiro atoms. The van der Waals surface area contributed by atoms with Crippen molar-refractivity contribution >= 4 is 5.91 Å². The molecule has 2 aromatic rings. The zero-order valence-corrected chi connectivity index (χ0v) is 15.1. The summed E-state index contributed by atoms with van der Waals surface area (Å²) in [7, 11) is 0. The Morgan fingerprint density at radius 2 is 2.40 bits per heavy atom. The molecule has 6 nitrogen and oxygen atoms in total. The summed E-state index contributed by atoms with van der Waals surface area (Å²) in [4.78, 5) is 20.2. The van der Waals surface area contributed by atoms with Crippen LogP contribution in [0.5, 0.6) is 0 Å². The summed E-state index contributed by atoms with van der Waals surface area (Å²) in [6.45, 7) is 6.09. The quantitative estimate of drug-likeness (QED) is 0.871. The number of halogens is 1. The van der Waals surface area contributed by atoms with Crippen molar-refractivity contribution < 1.29 is 9.18 Å². The predicted molar refractivity (Wildman–Crippen MR) is 92.9 cm³/mol. The van der Waals surface area contributed by atoms with Gasteiger partial charge < -0.3 is 10.3 Å². The molecule has 0 aliphatic heterocycles. The fourth-order valence-corrected chi connectivity index (χ4v) is 3.81. The first kappa shape index (κ1) is 17.6. The lowest BCUT2D eigenvalue weighted by atomic mass is 9.76. The summed E-state index contributed by atoms with van der Waals surface area (Å²) in [6.07, 6.45) is 6.08. The number of nitrogens with one attached hydrogen (secondary N) is 2. The molecule has 25 heavy (non-hydrogen) atoms. The molecular weight excluding hydrogens is 321 g/mol. The van der Waals surface area contributed by atoms with Crippen LogP contribution in [0.2, 0.25) is 0 Å². The highest BCUT2D eigenvalue weighted by molar-refractivity contribution is 5.92. The van der Waals surface area contributed by atoms with E-state index in [9.17, 15) is 9.18 Å². The van der Waals surface area contributed by atoms with Crippen molar-refractivity contribution in [1.82, 2.24) is 25.1 Å². The largest absolute Gasteiger partial charge is 0.344 e. The molecule has 3 rings (SSSR count). The molecule has 1 aliphatic rings. The second-order valence-electron chi connectivity index (χ2n) is 7.18. The number of carbonyl (C=O) groups excluding carboxylic acids is 1. The van der Waals surface area contributed by atoms with Crippen LogP contribution in [0, 0.1) is 12.8 Å². The van der Waals surface area contributed by atoms with E-state index in [0.717, 1.165) is 24.4 Å². The minimum Gasteiger partial charge on any atom is -0.344 e. The van der Waals surface area contributed by atoms with E-state index in [1.54, 1.807) is 30.1 Å². The number of rotatable bonds is 5. The van der Waals surface area contributed by atoms with Gasteiger partial charge in [-0.05, 0) is 58.4 Å². The first-order valence-electron chi connectivity index (χ1n) is 8.93. The van der Waals surface area contributed by atoms with Gasteiger partial charge in [-0.3, -0.25) is 9.48 Å². The Labute approximate surface area is 147 Å². The summed E-state index contributed by atoms with van der Waals surface area (Å²) >= 11 is 0. The topological polar surface area (TPSA) is 75.6 Å². The molecule has 2 aromatic heterocycles. The van der Waals surface area contributed by atoms with E-state index in [1.807, 2.05) is 13.8 Å². The van der Waals surface area contributed by atoms with Crippen LogP contribution in [0.1, 0.15) is 67.6 Å². The molecule has 1 fully saturated rings. The van der Waals surface area contributed by atoms with E-state index in [4.69, 9.17) is 0 Å². The molecule has 3 unspecified atom stereocenters. The van der Waals surface area contributed by atoms with Gasteiger partial charge in [-0.25, -0.2) is 9.37 Å². The Balaban J connectivity index is 1.85. The highest BCUT2D eigenvalue weighted by Gasteiger charge is 2.37. The minimum absolute atomic E-state index is 0.0329. The van der Waals surface area contributed by atoms with Crippen molar-refractivity contribution in [2.75, 3.05) is 0 Å². The zero-order chi connectivity index (χ0) is 18.0. The smallest absolute Gasteiger partial charge is 0.270 e. The number of amides is 1. The molecule has 7 heteroatoms. The number of aromatic nitrogens is 4. The minimum atomic E-state index is -1.19. The summed E-state index contributed by atoms with van der Waals surface area (Å²) in [5.74, 6) is 0.625. The first-order chi connectivity index (χ1) is 11.9. The van der Waals surface area contributed by atoms with E-state index in [2.05, 4.69) is 20.4 Å². The van der Waals surface area contributed by atoms with Gasteiger partial charge in [-0.2, -0.15) is 5.10 Å². The standard InChI is InChI=1S/C18H26FN5O/c1-4-24-15(7-9-21-24)17(25)23-16(14-11-20-12(2)22-14)13-6-5-8-18(3,19)10-13/h7,9,11,13,16H,4-6,8,10H2,1-3H3,(H,20,22)(H,23,25). The average molecular weight is 347 g/mol. The number of aryl methyl sites for hydroxylation is 2. The van der Waals surface area contributed by atoms with E-state index < -0.39 is 5.67 Å². The molecule has 1 amide bonds. The zero-order valence-electron chi connectivity index (χ0n) is 15.1. The van der Waals surface area contributed by atoms with Crippen LogP contribution in [-0.4, -0.2) is 31.3 Å². The second kappa shape index (κ2) is 6.98. The van der Waals surface area contributed by atoms with Gasteiger partial charge in [0, 0.05) is 12.7 Å².